The molecule has 0 unspecified atom stereocenters. The molecule has 0 aliphatic heterocycles. The molecule has 6 heteroatoms. The molecule has 0 aliphatic carbocycles. The van der Waals surface area contributed by atoms with Crippen molar-refractivity contribution in [2.45, 2.75) is 6.54 Å². The van der Waals surface area contributed by atoms with Crippen molar-refractivity contribution < 1.29 is 0 Å². The first-order chi connectivity index (χ1) is 6.84. The van der Waals surface area contributed by atoms with Gasteiger partial charge in [0.05, 0.1) is 6.54 Å². The summed E-state index contributed by atoms with van der Waals surface area (Å²) in [6.07, 6.45) is 3.32. The topological polar surface area (TPSA) is 70.7 Å². The zero-order valence-electron chi connectivity index (χ0n) is 7.23. The molecule has 0 aromatic carbocycles. The van der Waals surface area contributed by atoms with Crippen molar-refractivity contribution in [3.63, 3.8) is 0 Å². The Morgan fingerprint density at radius 3 is 2.86 bits per heavy atom. The lowest BCUT2D eigenvalue weighted by Gasteiger charge is -2.00. The summed E-state index contributed by atoms with van der Waals surface area (Å²) >= 11 is 1.15. The summed E-state index contributed by atoms with van der Waals surface area (Å²) in [6, 6.07) is 1.75. The van der Waals surface area contributed by atoms with Gasteiger partial charge < -0.3 is 10.3 Å². The van der Waals surface area contributed by atoms with E-state index >= 15 is 0 Å². The average Bonchev–Trinajstić information content (AvgIpc) is 2.63. The molecule has 0 radical (unpaired) electrons. The van der Waals surface area contributed by atoms with Gasteiger partial charge in [0.1, 0.15) is 0 Å². The highest BCUT2D eigenvalue weighted by molar-refractivity contribution is 7.07. The fraction of sp³-hybridized carbons (Fsp3) is 0.125. The Hall–Kier alpha value is -1.69. The van der Waals surface area contributed by atoms with Gasteiger partial charge in [0, 0.05) is 23.5 Å². The average molecular weight is 208 g/mol. The molecule has 0 amide bonds. The van der Waals surface area contributed by atoms with Gasteiger partial charge in [0.15, 0.2) is 0 Å². The van der Waals surface area contributed by atoms with Gasteiger partial charge in [0.2, 0.25) is 5.95 Å². The summed E-state index contributed by atoms with van der Waals surface area (Å²) in [5.74, 6) is 0.555. The standard InChI is InChI=1S/C8H8N4OS/c13-8-12-6(5-14-8)4-11-7-9-2-1-3-10-7/h1-3,5H,4H2,(H,12,13)(H,9,10,11). The quantitative estimate of drug-likeness (QED) is 0.784. The summed E-state index contributed by atoms with van der Waals surface area (Å²) < 4.78 is 0. The summed E-state index contributed by atoms with van der Waals surface area (Å²) in [7, 11) is 0. The van der Waals surface area contributed by atoms with Gasteiger partial charge in [0.25, 0.3) is 0 Å². The lowest BCUT2D eigenvalue weighted by molar-refractivity contribution is 1.01. The number of thiazole rings is 1. The monoisotopic (exact) mass is 208 g/mol. The predicted octanol–water partition coefficient (Wildman–Crippen LogP) is 0.838. The first-order valence-corrected chi connectivity index (χ1v) is 4.90. The molecule has 0 aliphatic rings. The second-order valence-electron chi connectivity index (χ2n) is 2.60. The zero-order valence-corrected chi connectivity index (χ0v) is 8.04. The number of hydrogen-bond acceptors (Lipinski definition) is 5. The van der Waals surface area contributed by atoms with Crippen LogP contribution in [0, 0.1) is 0 Å². The van der Waals surface area contributed by atoms with Crippen LogP contribution < -0.4 is 10.2 Å². The molecule has 0 spiro atoms. The van der Waals surface area contributed by atoms with Crippen LogP contribution in [0.5, 0.6) is 0 Å². The number of nitrogens with zero attached hydrogens (tertiary/aromatic N) is 2. The molecular formula is C8H8N4OS. The maximum absolute atomic E-state index is 10.8. The Labute approximate surface area is 83.9 Å². The summed E-state index contributed by atoms with van der Waals surface area (Å²) in [4.78, 5) is 21.4. The van der Waals surface area contributed by atoms with Crippen LogP contribution in [0.1, 0.15) is 5.69 Å². The normalized spacial score (nSPS) is 10.0. The second kappa shape index (κ2) is 4.01. The predicted molar refractivity (Wildman–Crippen MR) is 54.3 cm³/mol. The van der Waals surface area contributed by atoms with Crippen molar-refractivity contribution in [3.05, 3.63) is 39.2 Å². The van der Waals surface area contributed by atoms with E-state index < -0.39 is 0 Å². The molecule has 0 saturated heterocycles. The minimum atomic E-state index is -0.0456. The van der Waals surface area contributed by atoms with Gasteiger partial charge in [-0.3, -0.25) is 4.79 Å². The zero-order chi connectivity index (χ0) is 9.80. The van der Waals surface area contributed by atoms with Crippen molar-refractivity contribution in [2.24, 2.45) is 0 Å². The minimum Gasteiger partial charge on any atom is -0.349 e. The largest absolute Gasteiger partial charge is 0.349 e. The fourth-order valence-electron chi connectivity index (χ4n) is 0.965. The molecule has 2 heterocycles. The van der Waals surface area contributed by atoms with Gasteiger partial charge in [-0.25, -0.2) is 9.97 Å². The first kappa shape index (κ1) is 8.89. The Balaban J connectivity index is 1.98. The van der Waals surface area contributed by atoms with Crippen LogP contribution in [-0.2, 0) is 6.54 Å². The SMILES string of the molecule is O=c1[nH]c(CNc2ncccn2)cs1. The van der Waals surface area contributed by atoms with Gasteiger partial charge in [-0.15, -0.1) is 0 Å². The maximum atomic E-state index is 10.8. The number of hydrogen-bond donors (Lipinski definition) is 2. The number of H-pyrrole nitrogens is 1. The Bertz CT molecular complexity index is 450. The maximum Gasteiger partial charge on any atom is 0.304 e. The van der Waals surface area contributed by atoms with E-state index in [0.29, 0.717) is 12.5 Å². The van der Waals surface area contributed by atoms with Crippen molar-refractivity contribution in [3.8, 4) is 0 Å². The van der Waals surface area contributed by atoms with E-state index in [1.165, 1.54) is 0 Å². The summed E-state index contributed by atoms with van der Waals surface area (Å²) in [5.41, 5.74) is 0.840. The lowest BCUT2D eigenvalue weighted by Crippen LogP contribution is -2.04. The highest BCUT2D eigenvalue weighted by Crippen LogP contribution is 2.00. The highest BCUT2D eigenvalue weighted by atomic mass is 32.1. The van der Waals surface area contributed by atoms with Crippen LogP contribution in [0.3, 0.4) is 0 Å². The van der Waals surface area contributed by atoms with Crippen molar-refractivity contribution in [1.29, 1.82) is 0 Å². The summed E-state index contributed by atoms with van der Waals surface area (Å²) in [6.45, 7) is 0.531. The Morgan fingerprint density at radius 2 is 2.21 bits per heavy atom. The van der Waals surface area contributed by atoms with Crippen molar-refractivity contribution >= 4 is 17.3 Å². The van der Waals surface area contributed by atoms with E-state index in [-0.39, 0.29) is 4.87 Å². The van der Waals surface area contributed by atoms with Crippen LogP contribution in [0.4, 0.5) is 5.95 Å². The van der Waals surface area contributed by atoms with Crippen molar-refractivity contribution in [2.75, 3.05) is 5.32 Å². The van der Waals surface area contributed by atoms with E-state index in [1.807, 2.05) is 0 Å². The first-order valence-electron chi connectivity index (χ1n) is 4.02. The van der Waals surface area contributed by atoms with Gasteiger partial charge in [-0.2, -0.15) is 0 Å². The number of aromatic nitrogens is 3. The molecule has 2 rings (SSSR count). The van der Waals surface area contributed by atoms with Crippen molar-refractivity contribution in [1.82, 2.24) is 15.0 Å². The van der Waals surface area contributed by atoms with E-state index in [9.17, 15) is 4.79 Å². The van der Waals surface area contributed by atoms with E-state index in [0.717, 1.165) is 17.0 Å². The molecule has 0 fully saturated rings. The highest BCUT2D eigenvalue weighted by Gasteiger charge is 1.97. The molecule has 0 saturated carbocycles. The molecule has 0 bridgehead atoms. The second-order valence-corrected chi connectivity index (χ2v) is 3.44. The summed E-state index contributed by atoms with van der Waals surface area (Å²) in [5, 5.41) is 4.76. The molecule has 2 N–H and O–H groups in total. The van der Waals surface area contributed by atoms with Crippen LogP contribution in [0.15, 0.2) is 28.6 Å². The van der Waals surface area contributed by atoms with Crippen LogP contribution in [-0.4, -0.2) is 15.0 Å². The Kier molecular flexibility index (Phi) is 2.55. The molecular weight excluding hydrogens is 200 g/mol. The van der Waals surface area contributed by atoms with E-state index in [1.54, 1.807) is 23.8 Å². The molecule has 0 atom stereocenters. The van der Waals surface area contributed by atoms with Crippen LogP contribution in [0.2, 0.25) is 0 Å². The van der Waals surface area contributed by atoms with Gasteiger partial charge >= 0.3 is 4.87 Å². The fourth-order valence-corrected chi connectivity index (χ4v) is 1.55. The van der Waals surface area contributed by atoms with Crippen LogP contribution in [0.25, 0.3) is 0 Å². The van der Waals surface area contributed by atoms with E-state index in [2.05, 4.69) is 20.3 Å². The number of aromatic amines is 1. The molecule has 5 nitrogen and oxygen atoms in total. The third-order valence-corrected chi connectivity index (χ3v) is 2.29. The van der Waals surface area contributed by atoms with Gasteiger partial charge in [-0.05, 0) is 6.07 Å². The third kappa shape index (κ3) is 2.17. The molecule has 2 aromatic rings. The number of rotatable bonds is 3. The van der Waals surface area contributed by atoms with E-state index in [4.69, 9.17) is 0 Å². The third-order valence-electron chi connectivity index (χ3n) is 1.57. The molecule has 14 heavy (non-hydrogen) atoms. The molecule has 72 valence electrons. The number of anilines is 1. The minimum absolute atomic E-state index is 0.0456. The Morgan fingerprint density at radius 1 is 1.43 bits per heavy atom. The molecule has 2 aromatic heterocycles. The number of nitrogens with one attached hydrogen (secondary N) is 2. The lowest BCUT2D eigenvalue weighted by atomic mass is 10.5. The smallest absolute Gasteiger partial charge is 0.304 e. The van der Waals surface area contributed by atoms with Gasteiger partial charge in [-0.1, -0.05) is 11.3 Å². The van der Waals surface area contributed by atoms with Crippen LogP contribution >= 0.6 is 11.3 Å².